The average molecular weight is 180 g/mol. The number of halogens is 3. The number of amides is 1. The van der Waals surface area contributed by atoms with E-state index in [-0.39, 0.29) is 6.67 Å². The first-order valence-corrected chi connectivity index (χ1v) is 3.19. The minimum absolute atomic E-state index is 0.107. The maximum atomic E-state index is 11.9. The first kappa shape index (κ1) is 8.89. The van der Waals surface area contributed by atoms with Crippen LogP contribution in [0, 0.1) is 0 Å². The van der Waals surface area contributed by atoms with Gasteiger partial charge in [0.25, 0.3) is 0 Å². The number of nitrogens with one attached hydrogen (secondary N) is 1. The third-order valence-electron chi connectivity index (χ3n) is 1.46. The minimum atomic E-state index is -4.46. The number of likely N-dealkylation sites (N-methyl/N-ethyl adjacent to an activating group) is 1. The molecule has 0 spiro atoms. The van der Waals surface area contributed by atoms with Crippen molar-refractivity contribution >= 4 is 5.91 Å². The summed E-state index contributed by atoms with van der Waals surface area (Å²) in [5.41, 5.74) is -0.981. The molecule has 0 saturated heterocycles. The van der Waals surface area contributed by atoms with Crippen LogP contribution < -0.4 is 5.32 Å². The van der Waals surface area contributed by atoms with E-state index >= 15 is 0 Å². The van der Waals surface area contributed by atoms with Gasteiger partial charge in [-0.25, -0.2) is 0 Å². The summed E-state index contributed by atoms with van der Waals surface area (Å²) in [6.07, 6.45) is -3.92. The fraction of sp³-hybridized carbons (Fsp3) is 0.500. The summed E-state index contributed by atoms with van der Waals surface area (Å²) in [7, 11) is 1.42. The van der Waals surface area contributed by atoms with E-state index in [1.54, 1.807) is 0 Å². The molecule has 0 radical (unpaired) electrons. The molecule has 1 amide bonds. The first-order valence-electron chi connectivity index (χ1n) is 3.19. The Bertz CT molecular complexity index is 233. The molecular formula is C6H7F3N2O. The van der Waals surface area contributed by atoms with Crippen LogP contribution in [0.25, 0.3) is 0 Å². The number of hydrogen-bond donors (Lipinski definition) is 1. The van der Waals surface area contributed by atoms with Gasteiger partial charge in [0.1, 0.15) is 5.70 Å². The van der Waals surface area contributed by atoms with Crippen LogP contribution in [0.2, 0.25) is 0 Å². The van der Waals surface area contributed by atoms with E-state index in [0.717, 1.165) is 4.90 Å². The molecule has 0 bridgehead atoms. The zero-order valence-corrected chi connectivity index (χ0v) is 6.27. The van der Waals surface area contributed by atoms with Gasteiger partial charge >= 0.3 is 6.18 Å². The second-order valence-electron chi connectivity index (χ2n) is 2.43. The molecule has 12 heavy (non-hydrogen) atoms. The molecule has 1 N–H and O–H groups in total. The predicted octanol–water partition coefficient (Wildman–Crippen LogP) is 0.452. The number of nitrogens with zero attached hydrogens (tertiary/aromatic N) is 1. The van der Waals surface area contributed by atoms with Crippen LogP contribution in [0.3, 0.4) is 0 Å². The summed E-state index contributed by atoms with van der Waals surface area (Å²) in [4.78, 5) is 11.9. The third kappa shape index (κ3) is 1.69. The normalized spacial score (nSPS) is 18.8. The zero-order valence-electron chi connectivity index (χ0n) is 6.27. The van der Waals surface area contributed by atoms with Gasteiger partial charge in [0, 0.05) is 13.1 Å². The molecule has 68 valence electrons. The maximum Gasteiger partial charge on any atom is 0.431 e. The van der Waals surface area contributed by atoms with Gasteiger partial charge in [0.2, 0.25) is 5.91 Å². The lowest BCUT2D eigenvalue weighted by Gasteiger charge is -2.24. The Morgan fingerprint density at radius 1 is 1.58 bits per heavy atom. The number of hydrogen-bond acceptors (Lipinski definition) is 2. The molecule has 1 aliphatic rings. The van der Waals surface area contributed by atoms with Gasteiger partial charge in [0.15, 0.2) is 0 Å². The van der Waals surface area contributed by atoms with E-state index in [0.29, 0.717) is 6.08 Å². The Labute approximate surface area is 66.8 Å². The summed E-state index contributed by atoms with van der Waals surface area (Å²) in [6.45, 7) is -0.107. The Morgan fingerprint density at radius 2 is 2.17 bits per heavy atom. The molecule has 3 nitrogen and oxygen atoms in total. The van der Waals surface area contributed by atoms with Gasteiger partial charge in [-0.05, 0) is 0 Å². The highest BCUT2D eigenvalue weighted by atomic mass is 19.4. The second kappa shape index (κ2) is 2.69. The molecular weight excluding hydrogens is 173 g/mol. The molecule has 0 saturated carbocycles. The Balaban J connectivity index is 2.83. The molecule has 0 aromatic heterocycles. The van der Waals surface area contributed by atoms with Crippen molar-refractivity contribution in [2.24, 2.45) is 0 Å². The van der Waals surface area contributed by atoms with E-state index < -0.39 is 17.8 Å². The summed E-state index contributed by atoms with van der Waals surface area (Å²) in [6, 6.07) is 0. The monoisotopic (exact) mass is 180 g/mol. The van der Waals surface area contributed by atoms with Crippen molar-refractivity contribution in [1.82, 2.24) is 10.2 Å². The van der Waals surface area contributed by atoms with Gasteiger partial charge in [-0.1, -0.05) is 0 Å². The lowest BCUT2D eigenvalue weighted by Crippen LogP contribution is -2.43. The standard InChI is InChI=1S/C6H7F3N2O/c1-11-3-10-4(2-5(11)12)6(7,8)9/h2,10H,3H2,1H3. The minimum Gasteiger partial charge on any atom is -0.364 e. The van der Waals surface area contributed by atoms with Crippen LogP contribution in [-0.4, -0.2) is 30.7 Å². The molecule has 1 aliphatic heterocycles. The van der Waals surface area contributed by atoms with E-state index in [1.165, 1.54) is 7.05 Å². The fourth-order valence-electron chi connectivity index (χ4n) is 0.748. The highest BCUT2D eigenvalue weighted by Gasteiger charge is 2.36. The van der Waals surface area contributed by atoms with E-state index in [9.17, 15) is 18.0 Å². The molecule has 0 fully saturated rings. The molecule has 0 atom stereocenters. The van der Waals surface area contributed by atoms with Gasteiger partial charge < -0.3 is 10.2 Å². The maximum absolute atomic E-state index is 11.9. The molecule has 6 heteroatoms. The van der Waals surface area contributed by atoms with Gasteiger partial charge in [-0.15, -0.1) is 0 Å². The van der Waals surface area contributed by atoms with Crippen LogP contribution in [0.1, 0.15) is 0 Å². The van der Waals surface area contributed by atoms with Crippen molar-refractivity contribution in [3.63, 3.8) is 0 Å². The molecule has 0 aromatic carbocycles. The Kier molecular flexibility index (Phi) is 1.99. The fourth-order valence-corrected chi connectivity index (χ4v) is 0.748. The van der Waals surface area contributed by atoms with Crippen molar-refractivity contribution < 1.29 is 18.0 Å². The van der Waals surface area contributed by atoms with Gasteiger partial charge in [0.05, 0.1) is 6.67 Å². The molecule has 0 unspecified atom stereocenters. The van der Waals surface area contributed by atoms with Gasteiger partial charge in [-0.3, -0.25) is 4.79 Å². The molecule has 0 aliphatic carbocycles. The topological polar surface area (TPSA) is 32.3 Å². The first-order chi connectivity index (χ1) is 5.41. The smallest absolute Gasteiger partial charge is 0.364 e. The number of rotatable bonds is 0. The SMILES string of the molecule is CN1CNC(C(F)(F)F)=CC1=O. The van der Waals surface area contributed by atoms with Crippen LogP contribution in [0.15, 0.2) is 11.8 Å². The summed E-state index contributed by atoms with van der Waals surface area (Å²) in [5, 5.41) is 2.08. The number of alkyl halides is 3. The van der Waals surface area contributed by atoms with Crippen LogP contribution >= 0.6 is 0 Å². The Hall–Kier alpha value is -1.20. The summed E-state index contributed by atoms with van der Waals surface area (Å²) >= 11 is 0. The highest BCUT2D eigenvalue weighted by molar-refractivity contribution is 5.89. The van der Waals surface area contributed by atoms with Crippen molar-refractivity contribution in [2.45, 2.75) is 6.18 Å². The summed E-state index contributed by atoms with van der Waals surface area (Å²) in [5.74, 6) is -0.638. The van der Waals surface area contributed by atoms with Crippen molar-refractivity contribution in [2.75, 3.05) is 13.7 Å². The van der Waals surface area contributed by atoms with Crippen molar-refractivity contribution in [3.8, 4) is 0 Å². The number of allylic oxidation sites excluding steroid dienone is 1. The molecule has 1 heterocycles. The number of carbonyl (C=O) groups is 1. The zero-order chi connectivity index (χ0) is 9.35. The Morgan fingerprint density at radius 3 is 2.58 bits per heavy atom. The quantitative estimate of drug-likeness (QED) is 0.587. The van der Waals surface area contributed by atoms with E-state index in [1.807, 2.05) is 0 Å². The van der Waals surface area contributed by atoms with Crippen LogP contribution in [-0.2, 0) is 4.79 Å². The lowest BCUT2D eigenvalue weighted by atomic mass is 10.3. The molecule has 1 rings (SSSR count). The average Bonchev–Trinajstić information content (AvgIpc) is 1.92. The summed E-state index contributed by atoms with van der Waals surface area (Å²) < 4.78 is 35.8. The number of carbonyl (C=O) groups excluding carboxylic acids is 1. The second-order valence-corrected chi connectivity index (χ2v) is 2.43. The van der Waals surface area contributed by atoms with E-state index in [4.69, 9.17) is 0 Å². The van der Waals surface area contributed by atoms with E-state index in [2.05, 4.69) is 5.32 Å². The predicted molar refractivity (Wildman–Crippen MR) is 34.9 cm³/mol. The third-order valence-corrected chi connectivity index (χ3v) is 1.46. The largest absolute Gasteiger partial charge is 0.431 e. The van der Waals surface area contributed by atoms with Crippen LogP contribution in [0.4, 0.5) is 13.2 Å². The molecule has 0 aromatic rings. The van der Waals surface area contributed by atoms with Crippen LogP contribution in [0.5, 0.6) is 0 Å². The highest BCUT2D eigenvalue weighted by Crippen LogP contribution is 2.24. The van der Waals surface area contributed by atoms with Crippen molar-refractivity contribution in [3.05, 3.63) is 11.8 Å². The van der Waals surface area contributed by atoms with Crippen molar-refractivity contribution in [1.29, 1.82) is 0 Å². The lowest BCUT2D eigenvalue weighted by molar-refractivity contribution is -0.129. The van der Waals surface area contributed by atoms with Gasteiger partial charge in [-0.2, -0.15) is 13.2 Å².